The van der Waals surface area contributed by atoms with Gasteiger partial charge in [0, 0.05) is 26.1 Å². The Morgan fingerprint density at radius 2 is 1.95 bits per heavy atom. The number of ether oxygens (including phenoxy) is 1. The maximum atomic E-state index is 10.0. The van der Waals surface area contributed by atoms with Gasteiger partial charge in [0.1, 0.15) is 0 Å². The lowest BCUT2D eigenvalue weighted by molar-refractivity contribution is 0.152. The number of halogens is 1. The first-order valence-electron chi connectivity index (χ1n) is 7.58. The van der Waals surface area contributed by atoms with Crippen LogP contribution in [0.15, 0.2) is 35.3 Å². The van der Waals surface area contributed by atoms with Gasteiger partial charge in [0.15, 0.2) is 5.96 Å². The number of guanidine groups is 1. The molecule has 0 aliphatic heterocycles. The lowest BCUT2D eigenvalue weighted by atomic mass is 10.1. The van der Waals surface area contributed by atoms with Crippen molar-refractivity contribution >= 4 is 29.9 Å². The number of aliphatic hydroxyl groups is 1. The van der Waals surface area contributed by atoms with Crippen molar-refractivity contribution in [2.75, 3.05) is 32.8 Å². The minimum Gasteiger partial charge on any atom is -0.391 e. The molecule has 0 spiro atoms. The molecule has 1 atom stereocenters. The van der Waals surface area contributed by atoms with Gasteiger partial charge in [-0.2, -0.15) is 0 Å². The van der Waals surface area contributed by atoms with Crippen LogP contribution in [-0.2, 0) is 11.2 Å². The van der Waals surface area contributed by atoms with Gasteiger partial charge in [-0.1, -0.05) is 30.3 Å². The van der Waals surface area contributed by atoms with E-state index < -0.39 is 6.10 Å². The molecule has 0 radical (unpaired) electrons. The molecule has 22 heavy (non-hydrogen) atoms. The van der Waals surface area contributed by atoms with Gasteiger partial charge >= 0.3 is 0 Å². The summed E-state index contributed by atoms with van der Waals surface area (Å²) in [5.41, 5.74) is 1.12. The molecular weight excluding hydrogens is 393 g/mol. The van der Waals surface area contributed by atoms with E-state index in [1.54, 1.807) is 0 Å². The van der Waals surface area contributed by atoms with Crippen LogP contribution in [0.3, 0.4) is 0 Å². The van der Waals surface area contributed by atoms with Crippen LogP contribution in [0.1, 0.15) is 19.4 Å². The Labute approximate surface area is 150 Å². The summed E-state index contributed by atoms with van der Waals surface area (Å²) in [4.78, 5) is 4.40. The second-order valence-electron chi connectivity index (χ2n) is 4.69. The van der Waals surface area contributed by atoms with Crippen LogP contribution in [0.2, 0.25) is 0 Å². The van der Waals surface area contributed by atoms with E-state index in [0.717, 1.165) is 12.1 Å². The number of benzene rings is 1. The standard InChI is InChI=1S/C16H27N3O2.HI/c1-3-17-16(18-10-11-21-4-2)19-13-15(20)12-14-8-6-5-7-9-14;/h5-9,15,20H,3-4,10-13H2,1-2H3,(H2,17,18,19);1H. The highest BCUT2D eigenvalue weighted by molar-refractivity contribution is 14.0. The van der Waals surface area contributed by atoms with Crippen molar-refractivity contribution in [3.05, 3.63) is 35.9 Å². The highest BCUT2D eigenvalue weighted by Crippen LogP contribution is 2.03. The van der Waals surface area contributed by atoms with Crippen LogP contribution in [0.25, 0.3) is 0 Å². The van der Waals surface area contributed by atoms with E-state index in [1.807, 2.05) is 44.2 Å². The van der Waals surface area contributed by atoms with Gasteiger partial charge in [-0.05, 0) is 19.4 Å². The molecule has 0 saturated carbocycles. The molecule has 0 fully saturated rings. The first kappa shape index (κ1) is 21.1. The van der Waals surface area contributed by atoms with Crippen molar-refractivity contribution < 1.29 is 9.84 Å². The number of aliphatic imine (C=N–C) groups is 1. The highest BCUT2D eigenvalue weighted by Gasteiger charge is 2.05. The molecule has 0 aliphatic rings. The zero-order valence-electron chi connectivity index (χ0n) is 13.4. The minimum atomic E-state index is -0.477. The topological polar surface area (TPSA) is 65.9 Å². The van der Waals surface area contributed by atoms with Gasteiger partial charge in [0.05, 0.1) is 19.3 Å². The lowest BCUT2D eigenvalue weighted by Gasteiger charge is -2.13. The summed E-state index contributed by atoms with van der Waals surface area (Å²) in [5.74, 6) is 0.712. The molecule has 0 amide bonds. The Kier molecular flexibility index (Phi) is 13.2. The van der Waals surface area contributed by atoms with Crippen molar-refractivity contribution in [1.82, 2.24) is 10.6 Å². The van der Waals surface area contributed by atoms with Gasteiger partial charge in [0.2, 0.25) is 0 Å². The van der Waals surface area contributed by atoms with Gasteiger partial charge in [0.25, 0.3) is 0 Å². The van der Waals surface area contributed by atoms with Crippen molar-refractivity contribution in [2.24, 2.45) is 4.99 Å². The molecule has 5 nitrogen and oxygen atoms in total. The molecule has 6 heteroatoms. The van der Waals surface area contributed by atoms with Crippen LogP contribution in [-0.4, -0.2) is 50.0 Å². The average Bonchev–Trinajstić information content (AvgIpc) is 2.50. The second kappa shape index (κ2) is 13.8. The Morgan fingerprint density at radius 1 is 1.23 bits per heavy atom. The van der Waals surface area contributed by atoms with Crippen molar-refractivity contribution in [3.63, 3.8) is 0 Å². The quantitative estimate of drug-likeness (QED) is 0.246. The summed E-state index contributed by atoms with van der Waals surface area (Å²) >= 11 is 0. The van der Waals surface area contributed by atoms with Crippen molar-refractivity contribution in [2.45, 2.75) is 26.4 Å². The largest absolute Gasteiger partial charge is 0.391 e. The number of hydrogen-bond donors (Lipinski definition) is 3. The predicted molar refractivity (Wildman–Crippen MR) is 102 cm³/mol. The summed E-state index contributed by atoms with van der Waals surface area (Å²) in [5, 5.41) is 16.4. The number of rotatable bonds is 9. The summed E-state index contributed by atoms with van der Waals surface area (Å²) in [6.07, 6.45) is 0.137. The van der Waals surface area contributed by atoms with E-state index >= 15 is 0 Å². The summed E-state index contributed by atoms with van der Waals surface area (Å²) in [6.45, 7) is 7.21. The number of aliphatic hydroxyl groups excluding tert-OH is 1. The van der Waals surface area contributed by atoms with Gasteiger partial charge < -0.3 is 20.5 Å². The fourth-order valence-corrected chi connectivity index (χ4v) is 1.88. The Hall–Kier alpha value is -0.860. The van der Waals surface area contributed by atoms with Crippen LogP contribution in [0.4, 0.5) is 0 Å². The monoisotopic (exact) mass is 421 g/mol. The Morgan fingerprint density at radius 3 is 2.59 bits per heavy atom. The smallest absolute Gasteiger partial charge is 0.191 e. The first-order valence-corrected chi connectivity index (χ1v) is 7.58. The highest BCUT2D eigenvalue weighted by atomic mass is 127. The molecule has 126 valence electrons. The fraction of sp³-hybridized carbons (Fsp3) is 0.562. The molecule has 1 aromatic rings. The number of nitrogens with zero attached hydrogens (tertiary/aromatic N) is 1. The zero-order valence-corrected chi connectivity index (χ0v) is 15.7. The maximum absolute atomic E-state index is 10.0. The molecule has 1 rings (SSSR count). The second-order valence-corrected chi connectivity index (χ2v) is 4.69. The minimum absolute atomic E-state index is 0. The van der Waals surface area contributed by atoms with Crippen molar-refractivity contribution in [1.29, 1.82) is 0 Å². The summed E-state index contributed by atoms with van der Waals surface area (Å²) < 4.78 is 5.27. The van der Waals surface area contributed by atoms with Crippen LogP contribution in [0, 0.1) is 0 Å². The normalized spacial score (nSPS) is 12.4. The van der Waals surface area contributed by atoms with Gasteiger partial charge in [-0.25, -0.2) is 0 Å². The van der Waals surface area contributed by atoms with E-state index in [9.17, 15) is 5.11 Å². The SMILES string of the molecule is CCNC(=NCC(O)Cc1ccccc1)NCCOCC.I. The maximum Gasteiger partial charge on any atom is 0.191 e. The van der Waals surface area contributed by atoms with E-state index in [0.29, 0.717) is 38.7 Å². The number of hydrogen-bond acceptors (Lipinski definition) is 3. The average molecular weight is 421 g/mol. The van der Waals surface area contributed by atoms with E-state index in [1.165, 1.54) is 0 Å². The lowest BCUT2D eigenvalue weighted by Crippen LogP contribution is -2.39. The predicted octanol–water partition coefficient (Wildman–Crippen LogP) is 1.80. The number of nitrogens with one attached hydrogen (secondary N) is 2. The van der Waals surface area contributed by atoms with Gasteiger partial charge in [-0.3, -0.25) is 4.99 Å². The van der Waals surface area contributed by atoms with Crippen LogP contribution in [0.5, 0.6) is 0 Å². The summed E-state index contributed by atoms with van der Waals surface area (Å²) in [7, 11) is 0. The third kappa shape index (κ3) is 9.97. The molecule has 0 aromatic heterocycles. The van der Waals surface area contributed by atoms with Crippen molar-refractivity contribution in [3.8, 4) is 0 Å². The molecule has 0 saturated heterocycles. The fourth-order valence-electron chi connectivity index (χ4n) is 1.88. The van der Waals surface area contributed by atoms with E-state index in [-0.39, 0.29) is 24.0 Å². The first-order chi connectivity index (χ1) is 10.3. The molecule has 0 heterocycles. The van der Waals surface area contributed by atoms with Crippen LogP contribution >= 0.6 is 24.0 Å². The summed E-state index contributed by atoms with van der Waals surface area (Å²) in [6, 6.07) is 9.95. The van der Waals surface area contributed by atoms with Gasteiger partial charge in [-0.15, -0.1) is 24.0 Å². The zero-order chi connectivity index (χ0) is 15.3. The Bertz CT molecular complexity index is 402. The Balaban J connectivity index is 0.00000441. The third-order valence-electron chi connectivity index (χ3n) is 2.86. The molecule has 3 N–H and O–H groups in total. The molecule has 1 aromatic carbocycles. The molecule has 0 bridgehead atoms. The third-order valence-corrected chi connectivity index (χ3v) is 2.86. The van der Waals surface area contributed by atoms with E-state index in [4.69, 9.17) is 4.74 Å². The molecule has 0 aliphatic carbocycles. The molecule has 1 unspecified atom stereocenters. The molecular formula is C16H28IN3O2. The van der Waals surface area contributed by atoms with Crippen LogP contribution < -0.4 is 10.6 Å². The van der Waals surface area contributed by atoms with E-state index in [2.05, 4.69) is 15.6 Å².